The molecule has 124 valence electrons. The van der Waals surface area contributed by atoms with Crippen molar-refractivity contribution in [2.45, 2.75) is 26.3 Å². The summed E-state index contributed by atoms with van der Waals surface area (Å²) in [5.74, 6) is 0.784. The van der Waals surface area contributed by atoms with E-state index < -0.39 is 0 Å². The monoisotopic (exact) mass is 334 g/mol. The number of amides is 1. The normalized spacial score (nSPS) is 15.3. The zero-order chi connectivity index (χ0) is 16.1. The Morgan fingerprint density at radius 2 is 2.22 bits per heavy atom. The lowest BCUT2D eigenvalue weighted by Gasteiger charge is -2.17. The molecule has 1 amide bonds. The Morgan fingerprint density at radius 1 is 1.39 bits per heavy atom. The number of nitrogens with zero attached hydrogens (tertiary/aromatic N) is 4. The second kappa shape index (κ2) is 7.45. The van der Waals surface area contributed by atoms with E-state index in [2.05, 4.69) is 20.6 Å². The molecule has 2 aromatic rings. The minimum absolute atomic E-state index is 0.135. The molecule has 0 aliphatic carbocycles. The summed E-state index contributed by atoms with van der Waals surface area (Å²) >= 11 is 1.60. The zero-order valence-electron chi connectivity index (χ0n) is 13.3. The third kappa shape index (κ3) is 4.01. The molecule has 1 fully saturated rings. The number of carbonyl (C=O) groups excluding carboxylic acids is 1. The fourth-order valence-electron chi connectivity index (χ4n) is 2.59. The molecule has 0 spiro atoms. The molecule has 1 aliphatic rings. The van der Waals surface area contributed by atoms with Crippen molar-refractivity contribution in [3.63, 3.8) is 0 Å². The summed E-state index contributed by atoms with van der Waals surface area (Å²) in [4.78, 5) is 24.0. The summed E-state index contributed by atoms with van der Waals surface area (Å²) < 4.78 is 1.99. The van der Waals surface area contributed by atoms with Crippen molar-refractivity contribution in [2.24, 2.45) is 4.99 Å². The Hall–Kier alpha value is -2.09. The van der Waals surface area contributed by atoms with E-state index >= 15 is 0 Å². The van der Waals surface area contributed by atoms with Crippen molar-refractivity contribution >= 4 is 28.2 Å². The molecule has 1 aliphatic heterocycles. The minimum atomic E-state index is 0.135. The second-order valence-corrected chi connectivity index (χ2v) is 6.33. The molecule has 2 aromatic heterocycles. The van der Waals surface area contributed by atoms with Crippen LogP contribution in [0.1, 0.15) is 25.5 Å². The Morgan fingerprint density at radius 3 is 2.96 bits per heavy atom. The molecule has 0 radical (unpaired) electrons. The molecule has 0 unspecified atom stereocenters. The summed E-state index contributed by atoms with van der Waals surface area (Å²) in [6.45, 7) is 5.28. The van der Waals surface area contributed by atoms with Crippen LogP contribution < -0.4 is 10.6 Å². The maximum Gasteiger partial charge on any atom is 0.241 e. The number of aliphatic imine (C=N–C) groups is 1. The van der Waals surface area contributed by atoms with Crippen LogP contribution in [0.2, 0.25) is 0 Å². The number of rotatable bonds is 5. The molecule has 0 saturated carbocycles. The van der Waals surface area contributed by atoms with Crippen LogP contribution in [-0.2, 0) is 11.3 Å². The Kier molecular flexibility index (Phi) is 5.12. The molecule has 7 nitrogen and oxygen atoms in total. The van der Waals surface area contributed by atoms with E-state index in [1.807, 2.05) is 34.0 Å². The molecular formula is C15H22N6OS. The topological polar surface area (TPSA) is 74.0 Å². The van der Waals surface area contributed by atoms with Gasteiger partial charge in [0.05, 0.1) is 18.8 Å². The average molecular weight is 334 g/mol. The lowest BCUT2D eigenvalue weighted by molar-refractivity contribution is -0.128. The Labute approximate surface area is 139 Å². The molecule has 2 N–H and O–H groups in total. The third-order valence-electron chi connectivity index (χ3n) is 3.75. The van der Waals surface area contributed by atoms with Gasteiger partial charge in [0, 0.05) is 37.4 Å². The van der Waals surface area contributed by atoms with Gasteiger partial charge in [-0.3, -0.25) is 9.20 Å². The van der Waals surface area contributed by atoms with Gasteiger partial charge in [-0.05, 0) is 19.8 Å². The molecule has 0 aromatic carbocycles. The van der Waals surface area contributed by atoms with Crippen LogP contribution in [0.25, 0.3) is 4.96 Å². The van der Waals surface area contributed by atoms with Gasteiger partial charge in [0.1, 0.15) is 0 Å². The van der Waals surface area contributed by atoms with E-state index in [-0.39, 0.29) is 12.5 Å². The van der Waals surface area contributed by atoms with E-state index in [0.29, 0.717) is 12.5 Å². The van der Waals surface area contributed by atoms with E-state index in [0.717, 1.165) is 43.1 Å². The van der Waals surface area contributed by atoms with Crippen LogP contribution in [0.15, 0.2) is 22.8 Å². The van der Waals surface area contributed by atoms with Crippen molar-refractivity contribution in [3.8, 4) is 0 Å². The molecule has 0 bridgehead atoms. The fourth-order valence-corrected chi connectivity index (χ4v) is 3.31. The summed E-state index contributed by atoms with van der Waals surface area (Å²) in [6, 6.07) is 0. The van der Waals surface area contributed by atoms with E-state index in [9.17, 15) is 4.79 Å². The zero-order valence-corrected chi connectivity index (χ0v) is 14.1. The number of carbonyl (C=O) groups is 1. The van der Waals surface area contributed by atoms with Gasteiger partial charge < -0.3 is 15.5 Å². The number of hydrogen-bond acceptors (Lipinski definition) is 4. The Bertz CT molecular complexity index is 657. The Balaban J connectivity index is 1.56. The largest absolute Gasteiger partial charge is 0.357 e. The number of aromatic nitrogens is 2. The summed E-state index contributed by atoms with van der Waals surface area (Å²) in [7, 11) is 0. The average Bonchev–Trinajstić information content (AvgIpc) is 3.25. The highest BCUT2D eigenvalue weighted by molar-refractivity contribution is 7.15. The van der Waals surface area contributed by atoms with Crippen molar-refractivity contribution in [2.75, 3.05) is 26.2 Å². The standard InChI is InChI=1S/C15H22N6OS/c1-2-16-14(18-10-13(22)20-5-3-4-6-20)17-9-12-11-21-7-8-23-15(21)19-12/h7-8,11H,2-6,9-10H2,1H3,(H2,16,17,18). The lowest BCUT2D eigenvalue weighted by Crippen LogP contribution is -2.44. The van der Waals surface area contributed by atoms with Gasteiger partial charge in [-0.2, -0.15) is 0 Å². The van der Waals surface area contributed by atoms with Crippen LogP contribution in [0, 0.1) is 0 Å². The highest BCUT2D eigenvalue weighted by atomic mass is 32.1. The number of fused-ring (bicyclic) bond motifs is 1. The van der Waals surface area contributed by atoms with E-state index in [4.69, 9.17) is 0 Å². The molecule has 23 heavy (non-hydrogen) atoms. The van der Waals surface area contributed by atoms with Crippen LogP contribution >= 0.6 is 11.3 Å². The quantitative estimate of drug-likeness (QED) is 0.634. The van der Waals surface area contributed by atoms with Crippen molar-refractivity contribution in [1.82, 2.24) is 24.9 Å². The van der Waals surface area contributed by atoms with Gasteiger partial charge in [0.25, 0.3) is 0 Å². The maximum absolute atomic E-state index is 12.1. The van der Waals surface area contributed by atoms with Gasteiger partial charge in [0.2, 0.25) is 5.91 Å². The summed E-state index contributed by atoms with van der Waals surface area (Å²) in [6.07, 6.45) is 6.18. The van der Waals surface area contributed by atoms with Crippen LogP contribution in [0.3, 0.4) is 0 Å². The first-order valence-corrected chi connectivity index (χ1v) is 8.85. The van der Waals surface area contributed by atoms with Crippen LogP contribution in [0.4, 0.5) is 0 Å². The number of nitrogens with one attached hydrogen (secondary N) is 2. The third-order valence-corrected chi connectivity index (χ3v) is 4.52. The van der Waals surface area contributed by atoms with Gasteiger partial charge >= 0.3 is 0 Å². The second-order valence-electron chi connectivity index (χ2n) is 5.46. The van der Waals surface area contributed by atoms with Crippen LogP contribution in [-0.4, -0.2) is 52.3 Å². The lowest BCUT2D eigenvalue weighted by atomic mass is 10.4. The number of likely N-dealkylation sites (tertiary alicyclic amines) is 1. The highest BCUT2D eigenvalue weighted by Crippen LogP contribution is 2.11. The summed E-state index contributed by atoms with van der Waals surface area (Å²) in [5.41, 5.74) is 0.917. The SMILES string of the molecule is CCNC(=NCc1cn2ccsc2n1)NCC(=O)N1CCCC1. The molecule has 3 rings (SSSR count). The first kappa shape index (κ1) is 15.8. The smallest absolute Gasteiger partial charge is 0.241 e. The maximum atomic E-state index is 12.1. The highest BCUT2D eigenvalue weighted by Gasteiger charge is 2.17. The van der Waals surface area contributed by atoms with Crippen LogP contribution in [0.5, 0.6) is 0 Å². The van der Waals surface area contributed by atoms with Crippen molar-refractivity contribution < 1.29 is 4.79 Å². The number of imidazole rings is 1. The van der Waals surface area contributed by atoms with Gasteiger partial charge in [-0.25, -0.2) is 9.98 Å². The predicted molar refractivity (Wildman–Crippen MR) is 91.7 cm³/mol. The molecular weight excluding hydrogens is 312 g/mol. The van der Waals surface area contributed by atoms with Crippen molar-refractivity contribution in [3.05, 3.63) is 23.5 Å². The predicted octanol–water partition coefficient (Wildman–Crippen LogP) is 1.07. The molecule has 3 heterocycles. The first-order valence-electron chi connectivity index (χ1n) is 7.97. The molecule has 8 heteroatoms. The number of thiazole rings is 1. The molecule has 1 saturated heterocycles. The van der Waals surface area contributed by atoms with E-state index in [1.54, 1.807) is 11.3 Å². The van der Waals surface area contributed by atoms with Gasteiger partial charge in [-0.1, -0.05) is 0 Å². The first-order chi connectivity index (χ1) is 11.3. The van der Waals surface area contributed by atoms with Gasteiger partial charge in [0.15, 0.2) is 10.9 Å². The number of guanidine groups is 1. The molecule has 0 atom stereocenters. The van der Waals surface area contributed by atoms with Gasteiger partial charge in [-0.15, -0.1) is 11.3 Å². The summed E-state index contributed by atoms with van der Waals surface area (Å²) in [5, 5.41) is 8.28. The van der Waals surface area contributed by atoms with Crippen molar-refractivity contribution in [1.29, 1.82) is 0 Å². The number of hydrogen-bond donors (Lipinski definition) is 2. The minimum Gasteiger partial charge on any atom is -0.357 e. The fraction of sp³-hybridized carbons (Fsp3) is 0.533. The van der Waals surface area contributed by atoms with E-state index in [1.165, 1.54) is 0 Å².